The monoisotopic (exact) mass is 443 g/mol. The molecule has 4 heterocycles. The molecule has 0 amide bonds. The quantitative estimate of drug-likeness (QED) is 0.614. The molecule has 30 heavy (non-hydrogen) atoms. The number of fused-ring (bicyclic) bond motifs is 1. The topological polar surface area (TPSA) is 94.1 Å². The predicted octanol–water partition coefficient (Wildman–Crippen LogP) is 3.33. The number of nitrogens with zero attached hydrogens (tertiary/aromatic N) is 5. The molecule has 0 radical (unpaired) electrons. The van der Waals surface area contributed by atoms with Crippen molar-refractivity contribution in [2.75, 3.05) is 13.1 Å². The van der Waals surface area contributed by atoms with Gasteiger partial charge in [0, 0.05) is 37.4 Å². The Morgan fingerprint density at radius 1 is 1.27 bits per heavy atom. The van der Waals surface area contributed by atoms with E-state index in [4.69, 9.17) is 4.52 Å². The molecule has 12 heteroatoms. The van der Waals surface area contributed by atoms with E-state index in [1.165, 1.54) is 28.3 Å². The summed E-state index contributed by atoms with van der Waals surface area (Å²) in [6.45, 7) is 4.19. The number of rotatable bonds is 4. The first-order valence-electron chi connectivity index (χ1n) is 9.48. The zero-order valence-electron chi connectivity index (χ0n) is 16.3. The van der Waals surface area contributed by atoms with Crippen LogP contribution in [0.2, 0.25) is 0 Å². The van der Waals surface area contributed by atoms with Gasteiger partial charge in [-0.05, 0) is 32.8 Å². The first-order valence-corrected chi connectivity index (χ1v) is 10.9. The summed E-state index contributed by atoms with van der Waals surface area (Å²) in [5.41, 5.74) is -0.616. The molecule has 0 aromatic carbocycles. The van der Waals surface area contributed by atoms with Gasteiger partial charge in [0.15, 0.2) is 0 Å². The third-order valence-corrected chi connectivity index (χ3v) is 7.17. The van der Waals surface area contributed by atoms with E-state index >= 15 is 0 Å². The van der Waals surface area contributed by atoms with Crippen molar-refractivity contribution in [1.29, 1.82) is 0 Å². The fourth-order valence-corrected chi connectivity index (χ4v) is 5.19. The molecule has 4 rings (SSSR count). The molecule has 0 aliphatic carbocycles. The molecular weight excluding hydrogens is 423 g/mol. The van der Waals surface area contributed by atoms with E-state index in [9.17, 15) is 21.6 Å². The van der Waals surface area contributed by atoms with Crippen molar-refractivity contribution >= 4 is 21.1 Å². The predicted molar refractivity (Wildman–Crippen MR) is 100 cm³/mol. The van der Waals surface area contributed by atoms with E-state index in [2.05, 4.69) is 15.2 Å². The second-order valence-corrected chi connectivity index (χ2v) is 9.20. The summed E-state index contributed by atoms with van der Waals surface area (Å²) in [5, 5.41) is 7.74. The van der Waals surface area contributed by atoms with Gasteiger partial charge in [0.2, 0.25) is 10.0 Å². The molecule has 1 fully saturated rings. The lowest BCUT2D eigenvalue weighted by atomic mass is 9.91. The summed E-state index contributed by atoms with van der Waals surface area (Å²) in [4.78, 5) is 4.13. The maximum atomic E-state index is 13.6. The van der Waals surface area contributed by atoms with Gasteiger partial charge in [-0.3, -0.25) is 4.68 Å². The van der Waals surface area contributed by atoms with Crippen molar-refractivity contribution < 1.29 is 26.1 Å². The Balaban J connectivity index is 1.60. The number of alkyl halides is 3. The fourth-order valence-electron chi connectivity index (χ4n) is 3.77. The van der Waals surface area contributed by atoms with Crippen molar-refractivity contribution in [2.24, 2.45) is 0 Å². The van der Waals surface area contributed by atoms with Gasteiger partial charge in [-0.2, -0.15) is 22.6 Å². The van der Waals surface area contributed by atoms with Crippen LogP contribution in [0.1, 0.15) is 42.6 Å². The van der Waals surface area contributed by atoms with Gasteiger partial charge >= 0.3 is 6.18 Å². The minimum absolute atomic E-state index is 0.105. The fraction of sp³-hybridized carbons (Fsp3) is 0.500. The molecule has 0 unspecified atom stereocenters. The third-order valence-electron chi connectivity index (χ3n) is 5.32. The second-order valence-electron chi connectivity index (χ2n) is 7.27. The van der Waals surface area contributed by atoms with Crippen LogP contribution in [0.15, 0.2) is 27.9 Å². The number of sulfonamides is 1. The molecule has 1 aliphatic rings. The molecule has 1 aliphatic heterocycles. The Kier molecular flexibility index (Phi) is 5.09. The van der Waals surface area contributed by atoms with Crippen LogP contribution >= 0.6 is 0 Å². The smallest absolute Gasteiger partial charge is 0.336 e. The number of pyridine rings is 1. The van der Waals surface area contributed by atoms with Crippen LogP contribution in [0.3, 0.4) is 0 Å². The van der Waals surface area contributed by atoms with Crippen molar-refractivity contribution in [3.05, 3.63) is 35.4 Å². The molecule has 3 aromatic rings. The average Bonchev–Trinajstić information content (AvgIpc) is 3.34. The Labute approximate surface area is 170 Å². The Bertz CT molecular complexity index is 1180. The lowest BCUT2D eigenvalue weighted by Crippen LogP contribution is -2.37. The lowest BCUT2D eigenvalue weighted by Gasteiger charge is -2.30. The van der Waals surface area contributed by atoms with Crippen LogP contribution in [-0.2, 0) is 22.7 Å². The molecule has 0 atom stereocenters. The maximum Gasteiger partial charge on any atom is 0.417 e. The van der Waals surface area contributed by atoms with Crippen LogP contribution in [0, 0.1) is 6.92 Å². The molecule has 0 spiro atoms. The van der Waals surface area contributed by atoms with Gasteiger partial charge in [-0.25, -0.2) is 13.4 Å². The number of piperidine rings is 1. The first-order chi connectivity index (χ1) is 14.1. The third kappa shape index (κ3) is 3.58. The van der Waals surface area contributed by atoms with Crippen LogP contribution in [0.4, 0.5) is 13.2 Å². The summed E-state index contributed by atoms with van der Waals surface area (Å²) in [7, 11) is -3.71. The van der Waals surface area contributed by atoms with Crippen LogP contribution in [0.5, 0.6) is 0 Å². The minimum Gasteiger partial charge on any atom is -0.336 e. The minimum atomic E-state index is -4.57. The van der Waals surface area contributed by atoms with E-state index < -0.39 is 21.8 Å². The maximum absolute atomic E-state index is 13.6. The van der Waals surface area contributed by atoms with Crippen LogP contribution in [-0.4, -0.2) is 45.7 Å². The highest BCUT2D eigenvalue weighted by Gasteiger charge is 2.38. The number of aromatic nitrogens is 4. The van der Waals surface area contributed by atoms with E-state index in [0.29, 0.717) is 19.4 Å². The number of halogens is 3. The van der Waals surface area contributed by atoms with Crippen molar-refractivity contribution in [2.45, 2.75) is 50.2 Å². The van der Waals surface area contributed by atoms with Gasteiger partial charge in [0.05, 0.1) is 22.8 Å². The van der Waals surface area contributed by atoms with Crippen molar-refractivity contribution in [3.63, 3.8) is 0 Å². The first kappa shape index (κ1) is 20.8. The van der Waals surface area contributed by atoms with Gasteiger partial charge < -0.3 is 4.52 Å². The largest absolute Gasteiger partial charge is 0.417 e. The molecule has 162 valence electrons. The highest BCUT2D eigenvalue weighted by molar-refractivity contribution is 7.89. The number of aryl methyl sites for hydroxylation is 2. The highest BCUT2D eigenvalue weighted by atomic mass is 32.2. The summed E-state index contributed by atoms with van der Waals surface area (Å²) < 4.78 is 74.3. The summed E-state index contributed by atoms with van der Waals surface area (Å²) >= 11 is 0. The summed E-state index contributed by atoms with van der Waals surface area (Å²) in [6, 6.07) is 0.980. The second kappa shape index (κ2) is 7.34. The Morgan fingerprint density at radius 2 is 1.97 bits per heavy atom. The zero-order valence-corrected chi connectivity index (χ0v) is 17.2. The average molecular weight is 443 g/mol. The van der Waals surface area contributed by atoms with Gasteiger partial charge in [-0.15, -0.1) is 0 Å². The van der Waals surface area contributed by atoms with Crippen LogP contribution in [0.25, 0.3) is 11.1 Å². The van der Waals surface area contributed by atoms with Gasteiger partial charge in [0.25, 0.3) is 5.71 Å². The summed E-state index contributed by atoms with van der Waals surface area (Å²) in [6.07, 6.45) is -1.15. The molecule has 0 N–H and O–H groups in total. The molecule has 3 aromatic heterocycles. The number of hydrogen-bond donors (Lipinski definition) is 0. The Morgan fingerprint density at radius 3 is 2.57 bits per heavy atom. The number of hydrogen-bond acceptors (Lipinski definition) is 6. The molecule has 8 nitrogen and oxygen atoms in total. The normalized spacial score (nSPS) is 17.1. The highest BCUT2D eigenvalue weighted by Crippen LogP contribution is 2.40. The lowest BCUT2D eigenvalue weighted by molar-refractivity contribution is -0.136. The summed E-state index contributed by atoms with van der Waals surface area (Å²) in [5.74, 6) is -0.360. The van der Waals surface area contributed by atoms with Crippen molar-refractivity contribution in [1.82, 2.24) is 24.2 Å². The Hall–Kier alpha value is -2.47. The molecule has 0 saturated carbocycles. The van der Waals surface area contributed by atoms with Crippen LogP contribution < -0.4 is 0 Å². The van der Waals surface area contributed by atoms with Crippen molar-refractivity contribution in [3.8, 4) is 0 Å². The van der Waals surface area contributed by atoms with E-state index in [-0.39, 0.29) is 46.4 Å². The molecule has 1 saturated heterocycles. The van der Waals surface area contributed by atoms with E-state index in [1.807, 2.05) is 6.92 Å². The standard InChI is InChI=1S/C18H20F3N5O3S/c1-3-25-10-13(9-22-25)30(27,28)26-6-4-12(5-7-26)16-15-14(18(19,20)21)8-11(2)23-17(15)29-24-16/h8-10,12H,3-7H2,1-2H3. The van der Waals surface area contributed by atoms with Gasteiger partial charge in [0.1, 0.15) is 4.90 Å². The SMILES string of the molecule is CCn1cc(S(=O)(=O)N2CCC(c3noc4nc(C)cc(C(F)(F)F)c34)CC2)cn1. The molecule has 0 bridgehead atoms. The zero-order chi connectivity index (χ0) is 21.7. The molecular formula is C18H20F3N5O3S. The van der Waals surface area contributed by atoms with E-state index in [0.717, 1.165) is 6.07 Å². The van der Waals surface area contributed by atoms with Gasteiger partial charge in [-0.1, -0.05) is 5.16 Å². The van der Waals surface area contributed by atoms with E-state index in [1.54, 1.807) is 0 Å².